The van der Waals surface area contributed by atoms with Gasteiger partial charge in [0.05, 0.1) is 25.0 Å². The quantitative estimate of drug-likeness (QED) is 0.914. The van der Waals surface area contributed by atoms with Gasteiger partial charge in [0.2, 0.25) is 0 Å². The summed E-state index contributed by atoms with van der Waals surface area (Å²) < 4.78 is 15.1. The number of benzene rings is 1. The van der Waals surface area contributed by atoms with Crippen LogP contribution < -0.4 is 5.32 Å². The molecule has 6 heteroatoms. The third kappa shape index (κ3) is 3.17. The molecule has 23 heavy (non-hydrogen) atoms. The molecule has 1 aromatic heterocycles. The SMILES string of the molecule is O=C(Nc1cccnc1)N1C[C@@H](c2ccccc2)[C@@](F)(CO)C1. The van der Waals surface area contributed by atoms with Gasteiger partial charge in [-0.1, -0.05) is 30.3 Å². The van der Waals surface area contributed by atoms with Crippen LogP contribution in [0.2, 0.25) is 0 Å². The van der Waals surface area contributed by atoms with E-state index in [4.69, 9.17) is 0 Å². The van der Waals surface area contributed by atoms with E-state index in [2.05, 4.69) is 10.3 Å². The molecule has 2 aromatic rings. The number of aromatic nitrogens is 1. The van der Waals surface area contributed by atoms with Crippen LogP contribution in [0.5, 0.6) is 0 Å². The zero-order chi connectivity index (χ0) is 16.3. The third-order valence-corrected chi connectivity index (χ3v) is 4.15. The second kappa shape index (κ2) is 6.34. The minimum absolute atomic E-state index is 0.144. The summed E-state index contributed by atoms with van der Waals surface area (Å²) in [5.41, 5.74) is -0.511. The predicted molar refractivity (Wildman–Crippen MR) is 84.9 cm³/mol. The fraction of sp³-hybridized carbons (Fsp3) is 0.294. The summed E-state index contributed by atoms with van der Waals surface area (Å²) in [5.74, 6) is -0.548. The van der Waals surface area contributed by atoms with Crippen LogP contribution in [0.25, 0.3) is 0 Å². The molecule has 1 aromatic carbocycles. The zero-order valence-corrected chi connectivity index (χ0v) is 12.5. The Balaban J connectivity index is 1.77. The average molecular weight is 315 g/mol. The fourth-order valence-electron chi connectivity index (χ4n) is 2.92. The number of carbonyl (C=O) groups is 1. The monoisotopic (exact) mass is 315 g/mol. The van der Waals surface area contributed by atoms with Crippen molar-refractivity contribution in [3.05, 3.63) is 60.4 Å². The van der Waals surface area contributed by atoms with Gasteiger partial charge in [-0.2, -0.15) is 0 Å². The molecular formula is C17H18FN3O2. The van der Waals surface area contributed by atoms with Crippen molar-refractivity contribution >= 4 is 11.7 Å². The molecule has 5 nitrogen and oxygen atoms in total. The minimum atomic E-state index is -1.84. The molecule has 0 spiro atoms. The van der Waals surface area contributed by atoms with Crippen LogP contribution in [0.3, 0.4) is 0 Å². The number of likely N-dealkylation sites (tertiary alicyclic amines) is 1. The highest BCUT2D eigenvalue weighted by molar-refractivity contribution is 5.89. The van der Waals surface area contributed by atoms with Crippen molar-refractivity contribution in [2.45, 2.75) is 11.6 Å². The molecule has 3 rings (SSSR count). The number of urea groups is 1. The lowest BCUT2D eigenvalue weighted by Gasteiger charge is -2.23. The Morgan fingerprint density at radius 2 is 2.13 bits per heavy atom. The number of hydrogen-bond acceptors (Lipinski definition) is 3. The van der Waals surface area contributed by atoms with E-state index in [-0.39, 0.29) is 13.1 Å². The molecule has 1 aliphatic heterocycles. The molecule has 0 aliphatic carbocycles. The molecule has 2 amide bonds. The second-order valence-corrected chi connectivity index (χ2v) is 5.71. The van der Waals surface area contributed by atoms with Crippen LogP contribution in [0.1, 0.15) is 11.5 Å². The van der Waals surface area contributed by atoms with Crippen LogP contribution in [-0.4, -0.2) is 46.4 Å². The molecular weight excluding hydrogens is 297 g/mol. The van der Waals surface area contributed by atoms with Crippen molar-refractivity contribution in [1.29, 1.82) is 0 Å². The summed E-state index contributed by atoms with van der Waals surface area (Å²) in [4.78, 5) is 17.6. The number of alkyl halides is 1. The number of amides is 2. The Morgan fingerprint density at radius 3 is 2.78 bits per heavy atom. The summed E-state index contributed by atoms with van der Waals surface area (Å²) in [7, 11) is 0. The first-order valence-corrected chi connectivity index (χ1v) is 7.43. The summed E-state index contributed by atoms with van der Waals surface area (Å²) >= 11 is 0. The van der Waals surface area contributed by atoms with E-state index in [1.54, 1.807) is 18.3 Å². The molecule has 0 saturated carbocycles. The Hall–Kier alpha value is -2.47. The number of nitrogens with zero attached hydrogens (tertiary/aromatic N) is 2. The highest BCUT2D eigenvalue weighted by Crippen LogP contribution is 2.39. The number of nitrogens with one attached hydrogen (secondary N) is 1. The van der Waals surface area contributed by atoms with Gasteiger partial charge in [-0.15, -0.1) is 0 Å². The van der Waals surface area contributed by atoms with Crippen molar-refractivity contribution in [2.75, 3.05) is 25.0 Å². The average Bonchev–Trinajstić information content (AvgIpc) is 2.95. The van der Waals surface area contributed by atoms with Crippen LogP contribution in [-0.2, 0) is 0 Å². The molecule has 0 radical (unpaired) electrons. The zero-order valence-electron chi connectivity index (χ0n) is 12.5. The maximum atomic E-state index is 15.1. The first-order chi connectivity index (χ1) is 11.1. The van der Waals surface area contributed by atoms with Crippen molar-refractivity contribution in [3.8, 4) is 0 Å². The molecule has 2 N–H and O–H groups in total. The van der Waals surface area contributed by atoms with Crippen molar-refractivity contribution in [1.82, 2.24) is 9.88 Å². The third-order valence-electron chi connectivity index (χ3n) is 4.15. The van der Waals surface area contributed by atoms with Gasteiger partial charge in [0.25, 0.3) is 0 Å². The molecule has 0 unspecified atom stereocenters. The predicted octanol–water partition coefficient (Wildman–Crippen LogP) is 2.41. The Kier molecular flexibility index (Phi) is 4.25. The van der Waals surface area contributed by atoms with E-state index in [0.717, 1.165) is 5.56 Å². The van der Waals surface area contributed by atoms with Crippen molar-refractivity contribution < 1.29 is 14.3 Å². The number of rotatable bonds is 3. The van der Waals surface area contributed by atoms with Gasteiger partial charge >= 0.3 is 6.03 Å². The first kappa shape index (κ1) is 15.4. The molecule has 2 heterocycles. The van der Waals surface area contributed by atoms with Crippen molar-refractivity contribution in [3.63, 3.8) is 0 Å². The van der Waals surface area contributed by atoms with E-state index in [9.17, 15) is 9.90 Å². The summed E-state index contributed by atoms with van der Waals surface area (Å²) in [6.07, 6.45) is 3.13. The van der Waals surface area contributed by atoms with Crippen LogP contribution in [0.15, 0.2) is 54.9 Å². The highest BCUT2D eigenvalue weighted by atomic mass is 19.1. The number of halogens is 1. The molecule has 1 saturated heterocycles. The van der Waals surface area contributed by atoms with Crippen LogP contribution >= 0.6 is 0 Å². The van der Waals surface area contributed by atoms with E-state index in [1.807, 2.05) is 30.3 Å². The molecule has 1 aliphatic rings. The normalized spacial score (nSPS) is 23.7. The number of pyridine rings is 1. The van der Waals surface area contributed by atoms with Gasteiger partial charge in [-0.25, -0.2) is 9.18 Å². The van der Waals surface area contributed by atoms with Gasteiger partial charge in [0, 0.05) is 18.7 Å². The number of aliphatic hydroxyl groups excluding tert-OH is 1. The Labute approximate surface area is 133 Å². The molecule has 0 bridgehead atoms. The van der Waals surface area contributed by atoms with Crippen LogP contribution in [0, 0.1) is 0 Å². The number of aliphatic hydroxyl groups is 1. The van der Waals surface area contributed by atoms with E-state index in [1.165, 1.54) is 11.1 Å². The van der Waals surface area contributed by atoms with E-state index >= 15 is 4.39 Å². The summed E-state index contributed by atoms with van der Waals surface area (Å²) in [6.45, 7) is -0.550. The lowest BCUT2D eigenvalue weighted by Crippen LogP contribution is -2.38. The Bertz CT molecular complexity index is 668. The maximum Gasteiger partial charge on any atom is 0.322 e. The fourth-order valence-corrected chi connectivity index (χ4v) is 2.92. The summed E-state index contributed by atoms with van der Waals surface area (Å²) in [6, 6.07) is 12.2. The van der Waals surface area contributed by atoms with Gasteiger partial charge in [-0.3, -0.25) is 4.98 Å². The molecule has 1 fully saturated rings. The lowest BCUT2D eigenvalue weighted by molar-refractivity contribution is 0.0680. The minimum Gasteiger partial charge on any atom is -0.393 e. The van der Waals surface area contributed by atoms with Gasteiger partial charge in [-0.05, 0) is 17.7 Å². The largest absolute Gasteiger partial charge is 0.393 e. The van der Waals surface area contributed by atoms with Gasteiger partial charge in [0.15, 0.2) is 5.67 Å². The molecule has 2 atom stereocenters. The maximum absolute atomic E-state index is 15.1. The van der Waals surface area contributed by atoms with Gasteiger partial charge < -0.3 is 15.3 Å². The van der Waals surface area contributed by atoms with Crippen molar-refractivity contribution in [2.24, 2.45) is 0 Å². The summed E-state index contributed by atoms with van der Waals surface area (Å²) in [5, 5.41) is 12.2. The van der Waals surface area contributed by atoms with Crippen LogP contribution in [0.4, 0.5) is 14.9 Å². The number of hydrogen-bond donors (Lipinski definition) is 2. The number of anilines is 1. The standard InChI is InChI=1S/C17H18FN3O2/c18-17(12-22)11-21(10-15(17)13-5-2-1-3-6-13)16(23)20-14-7-4-8-19-9-14/h1-9,15,22H,10-12H2,(H,20,23)/t15-,17-/m0/s1. The topological polar surface area (TPSA) is 65.5 Å². The van der Waals surface area contributed by atoms with E-state index < -0.39 is 24.2 Å². The van der Waals surface area contributed by atoms with E-state index in [0.29, 0.717) is 5.69 Å². The second-order valence-electron chi connectivity index (χ2n) is 5.71. The number of carbonyl (C=O) groups excluding carboxylic acids is 1. The smallest absolute Gasteiger partial charge is 0.322 e. The lowest BCUT2D eigenvalue weighted by atomic mass is 9.87. The molecule has 120 valence electrons. The highest BCUT2D eigenvalue weighted by Gasteiger charge is 2.49. The van der Waals surface area contributed by atoms with Gasteiger partial charge in [0.1, 0.15) is 0 Å². The first-order valence-electron chi connectivity index (χ1n) is 7.43. The Morgan fingerprint density at radius 1 is 1.35 bits per heavy atom.